The van der Waals surface area contributed by atoms with Crippen molar-refractivity contribution < 1.29 is 14.6 Å². The van der Waals surface area contributed by atoms with Gasteiger partial charge in [0.25, 0.3) is 0 Å². The van der Waals surface area contributed by atoms with Crippen LogP contribution in [0, 0.1) is 0 Å². The molecule has 0 saturated heterocycles. The number of ether oxygens (including phenoxy) is 1. The summed E-state index contributed by atoms with van der Waals surface area (Å²) in [4.78, 5) is 14.6. The quantitative estimate of drug-likeness (QED) is 0.0423. The number of hydrogen-bond acceptors (Lipinski definition) is 4. The molecule has 2 atom stereocenters. The average Bonchev–Trinajstić information content (AvgIpc) is 3.03. The number of aliphatic hydroxyl groups excluding tert-OH is 1. The zero-order chi connectivity index (χ0) is 33.8. The third-order valence-corrected chi connectivity index (χ3v) is 8.87. The van der Waals surface area contributed by atoms with Gasteiger partial charge >= 0.3 is 5.97 Å². The molecule has 0 aromatic heterocycles. The van der Waals surface area contributed by atoms with Gasteiger partial charge in [0.05, 0.1) is 6.10 Å². The molecule has 0 rings (SSSR count). The van der Waals surface area contributed by atoms with E-state index in [-0.39, 0.29) is 18.2 Å². The first-order valence-electron chi connectivity index (χ1n) is 20.0. The minimum Gasteiger partial charge on any atom is -0.462 e. The lowest BCUT2D eigenvalue weighted by Gasteiger charge is -2.18. The SMILES string of the molecule is CCCCCC=CCC=CCCCCCCCCC(CCCCCCCCC=CCC(O)CCCCC)OC(=O)CCCN(C)C. The molecule has 1 N–H and O–H groups in total. The fourth-order valence-electron chi connectivity index (χ4n) is 5.87. The summed E-state index contributed by atoms with van der Waals surface area (Å²) in [5.41, 5.74) is 0. The van der Waals surface area contributed by atoms with Crippen molar-refractivity contribution in [2.45, 2.75) is 206 Å². The van der Waals surface area contributed by atoms with E-state index in [1.807, 2.05) is 0 Å². The molecule has 0 heterocycles. The van der Waals surface area contributed by atoms with E-state index in [4.69, 9.17) is 4.74 Å². The standard InChI is InChI=1S/C42H79NO3/c1-5-7-9-10-11-12-13-14-15-16-17-18-21-24-27-31-36-41(46-42(45)38-33-39-43(3)4)37-32-28-25-22-19-20-23-26-30-35-40(44)34-29-8-6-2/h11-12,14-15,26,30,40-41,44H,5-10,13,16-25,27-29,31-39H2,1-4H3. The summed E-state index contributed by atoms with van der Waals surface area (Å²) in [5.74, 6) is -0.00609. The lowest BCUT2D eigenvalue weighted by atomic mass is 10.0. The Balaban J connectivity index is 4.04. The zero-order valence-corrected chi connectivity index (χ0v) is 31.3. The van der Waals surface area contributed by atoms with E-state index in [1.54, 1.807) is 0 Å². The van der Waals surface area contributed by atoms with Crippen LogP contribution < -0.4 is 0 Å². The van der Waals surface area contributed by atoms with E-state index in [0.717, 1.165) is 64.3 Å². The number of unbranched alkanes of at least 4 members (excludes halogenated alkanes) is 17. The first-order valence-corrected chi connectivity index (χ1v) is 20.0. The molecular formula is C42H79NO3. The summed E-state index contributed by atoms with van der Waals surface area (Å²) in [6.45, 7) is 5.40. The van der Waals surface area contributed by atoms with Crippen molar-refractivity contribution in [2.75, 3.05) is 20.6 Å². The van der Waals surface area contributed by atoms with E-state index in [9.17, 15) is 9.90 Å². The molecule has 0 fully saturated rings. The molecule has 0 saturated carbocycles. The summed E-state index contributed by atoms with van der Waals surface area (Å²) in [5, 5.41) is 10.0. The number of aliphatic hydroxyl groups is 1. The van der Waals surface area contributed by atoms with Crippen LogP contribution in [0.2, 0.25) is 0 Å². The maximum Gasteiger partial charge on any atom is 0.306 e. The second-order valence-corrected chi connectivity index (χ2v) is 13.9. The van der Waals surface area contributed by atoms with Crippen LogP contribution in [-0.4, -0.2) is 48.8 Å². The van der Waals surface area contributed by atoms with E-state index in [1.165, 1.54) is 116 Å². The molecule has 0 aliphatic carbocycles. The highest BCUT2D eigenvalue weighted by atomic mass is 16.5. The highest BCUT2D eigenvalue weighted by molar-refractivity contribution is 5.69. The second kappa shape index (κ2) is 36.4. The predicted octanol–water partition coefficient (Wildman–Crippen LogP) is 12.5. The number of carbonyl (C=O) groups excluding carboxylic acids is 1. The van der Waals surface area contributed by atoms with E-state index in [0.29, 0.717) is 6.42 Å². The van der Waals surface area contributed by atoms with Gasteiger partial charge in [0, 0.05) is 6.42 Å². The monoisotopic (exact) mass is 646 g/mol. The molecule has 4 nitrogen and oxygen atoms in total. The maximum absolute atomic E-state index is 12.5. The molecular weight excluding hydrogens is 566 g/mol. The number of allylic oxidation sites excluding steroid dienone is 5. The van der Waals surface area contributed by atoms with Gasteiger partial charge in [-0.15, -0.1) is 0 Å². The molecule has 46 heavy (non-hydrogen) atoms. The van der Waals surface area contributed by atoms with Crippen LogP contribution >= 0.6 is 0 Å². The first-order chi connectivity index (χ1) is 22.5. The van der Waals surface area contributed by atoms with Gasteiger partial charge in [0.2, 0.25) is 0 Å². The van der Waals surface area contributed by atoms with Gasteiger partial charge < -0.3 is 14.7 Å². The summed E-state index contributed by atoms with van der Waals surface area (Å²) in [7, 11) is 4.11. The Morgan fingerprint density at radius 3 is 1.59 bits per heavy atom. The highest BCUT2D eigenvalue weighted by Gasteiger charge is 2.14. The molecule has 2 unspecified atom stereocenters. The molecule has 0 spiro atoms. The van der Waals surface area contributed by atoms with Gasteiger partial charge in [0.1, 0.15) is 6.10 Å². The smallest absolute Gasteiger partial charge is 0.306 e. The Kier molecular flexibility index (Phi) is 35.3. The fourth-order valence-corrected chi connectivity index (χ4v) is 5.87. The number of rotatable bonds is 35. The van der Waals surface area contributed by atoms with E-state index >= 15 is 0 Å². The summed E-state index contributed by atoms with van der Waals surface area (Å²) >= 11 is 0. The molecule has 0 amide bonds. The number of carbonyl (C=O) groups is 1. The second-order valence-electron chi connectivity index (χ2n) is 13.9. The Hall–Kier alpha value is -1.39. The number of nitrogens with zero attached hydrogens (tertiary/aromatic N) is 1. The topological polar surface area (TPSA) is 49.8 Å². The fraction of sp³-hybridized carbons (Fsp3) is 0.833. The Bertz CT molecular complexity index is 714. The van der Waals surface area contributed by atoms with Gasteiger partial charge in [-0.1, -0.05) is 134 Å². The van der Waals surface area contributed by atoms with Crippen molar-refractivity contribution >= 4 is 5.97 Å². The third-order valence-electron chi connectivity index (χ3n) is 8.87. The van der Waals surface area contributed by atoms with Crippen LogP contribution in [0.5, 0.6) is 0 Å². The first kappa shape index (κ1) is 44.6. The molecule has 0 radical (unpaired) electrons. The van der Waals surface area contributed by atoms with Crippen LogP contribution in [0.15, 0.2) is 36.5 Å². The normalized spacial score (nSPS) is 13.5. The van der Waals surface area contributed by atoms with Crippen LogP contribution in [-0.2, 0) is 9.53 Å². The van der Waals surface area contributed by atoms with Crippen LogP contribution in [0.3, 0.4) is 0 Å². The van der Waals surface area contributed by atoms with Gasteiger partial charge in [-0.05, 0) is 111 Å². The van der Waals surface area contributed by atoms with Crippen molar-refractivity contribution in [3.63, 3.8) is 0 Å². The molecule has 0 aromatic rings. The van der Waals surface area contributed by atoms with Crippen molar-refractivity contribution in [3.05, 3.63) is 36.5 Å². The third kappa shape index (κ3) is 35.5. The summed E-state index contributed by atoms with van der Waals surface area (Å²) < 4.78 is 5.99. The lowest BCUT2D eigenvalue weighted by Crippen LogP contribution is -2.20. The lowest BCUT2D eigenvalue weighted by molar-refractivity contribution is -0.150. The van der Waals surface area contributed by atoms with E-state index in [2.05, 4.69) is 69.3 Å². The maximum atomic E-state index is 12.5. The number of hydrogen-bond donors (Lipinski definition) is 1. The highest BCUT2D eigenvalue weighted by Crippen LogP contribution is 2.18. The molecule has 0 aliphatic rings. The Labute approximate surface area is 287 Å². The largest absolute Gasteiger partial charge is 0.462 e. The van der Waals surface area contributed by atoms with E-state index < -0.39 is 0 Å². The van der Waals surface area contributed by atoms with Gasteiger partial charge in [-0.25, -0.2) is 0 Å². The van der Waals surface area contributed by atoms with Gasteiger partial charge in [-0.3, -0.25) is 4.79 Å². The van der Waals surface area contributed by atoms with Crippen LogP contribution in [0.25, 0.3) is 0 Å². The van der Waals surface area contributed by atoms with Crippen molar-refractivity contribution in [1.82, 2.24) is 4.90 Å². The van der Waals surface area contributed by atoms with Crippen LogP contribution in [0.1, 0.15) is 194 Å². The Morgan fingerprint density at radius 2 is 1.04 bits per heavy atom. The minimum atomic E-state index is -0.163. The molecule has 0 aromatic carbocycles. The summed E-state index contributed by atoms with van der Waals surface area (Å²) in [6.07, 6.45) is 46.2. The average molecular weight is 646 g/mol. The van der Waals surface area contributed by atoms with Gasteiger partial charge in [-0.2, -0.15) is 0 Å². The van der Waals surface area contributed by atoms with Crippen molar-refractivity contribution in [2.24, 2.45) is 0 Å². The minimum absolute atomic E-state index is 0.00609. The zero-order valence-electron chi connectivity index (χ0n) is 31.3. The number of esters is 1. The Morgan fingerprint density at radius 1 is 0.587 bits per heavy atom. The van der Waals surface area contributed by atoms with Crippen molar-refractivity contribution in [1.29, 1.82) is 0 Å². The molecule has 270 valence electrons. The van der Waals surface area contributed by atoms with Crippen molar-refractivity contribution in [3.8, 4) is 0 Å². The molecule has 4 heteroatoms. The van der Waals surface area contributed by atoms with Gasteiger partial charge in [0.15, 0.2) is 0 Å². The van der Waals surface area contributed by atoms with Crippen LogP contribution in [0.4, 0.5) is 0 Å². The predicted molar refractivity (Wildman–Crippen MR) is 202 cm³/mol. The molecule has 0 bridgehead atoms. The molecule has 0 aliphatic heterocycles. The summed E-state index contributed by atoms with van der Waals surface area (Å²) in [6, 6.07) is 0.